The summed E-state index contributed by atoms with van der Waals surface area (Å²) < 4.78 is 5.89. The second-order valence-electron chi connectivity index (χ2n) is 8.49. The quantitative estimate of drug-likeness (QED) is 0.229. The van der Waals surface area contributed by atoms with Gasteiger partial charge in [0, 0.05) is 17.7 Å². The van der Waals surface area contributed by atoms with E-state index in [9.17, 15) is 19.7 Å². The number of hydrogen-bond donors (Lipinski definition) is 0. The number of aryl methyl sites for hydroxylation is 1. The fraction of sp³-hybridized carbons (Fsp3) is 0.292. The molecule has 3 aliphatic rings. The Morgan fingerprint density at radius 1 is 1.12 bits per heavy atom. The van der Waals surface area contributed by atoms with Gasteiger partial charge in [0.2, 0.25) is 0 Å². The molecular formula is C24H21N3O5. The lowest BCUT2D eigenvalue weighted by molar-refractivity contribution is -0.384. The number of hydrazone groups is 1. The number of allylic oxidation sites excluding steroid dienone is 2. The predicted molar refractivity (Wildman–Crippen MR) is 116 cm³/mol. The van der Waals surface area contributed by atoms with E-state index in [4.69, 9.17) is 4.74 Å². The lowest BCUT2D eigenvalue weighted by Gasteiger charge is -2.13. The highest BCUT2D eigenvalue weighted by atomic mass is 16.6. The Balaban J connectivity index is 1.40. The van der Waals surface area contributed by atoms with Gasteiger partial charge in [0.1, 0.15) is 12.4 Å². The van der Waals surface area contributed by atoms with Crippen molar-refractivity contribution in [3.05, 3.63) is 81.4 Å². The first kappa shape index (κ1) is 20.1. The van der Waals surface area contributed by atoms with Crippen LogP contribution in [0.2, 0.25) is 0 Å². The summed E-state index contributed by atoms with van der Waals surface area (Å²) in [5, 5.41) is 16.3. The zero-order valence-corrected chi connectivity index (χ0v) is 17.4. The number of non-ortho nitro benzene ring substituents is 1. The normalized spacial score (nSPS) is 25.7. The van der Waals surface area contributed by atoms with Crippen LogP contribution in [-0.4, -0.2) is 28.0 Å². The summed E-state index contributed by atoms with van der Waals surface area (Å²) in [6.07, 6.45) is 6.17. The highest BCUT2D eigenvalue weighted by molar-refractivity contribution is 6.07. The zero-order valence-electron chi connectivity index (χ0n) is 17.4. The summed E-state index contributed by atoms with van der Waals surface area (Å²) in [7, 11) is 0. The molecular weight excluding hydrogens is 410 g/mol. The number of fused-ring (bicyclic) bond motifs is 5. The lowest BCUT2D eigenvalue weighted by atomic mass is 9.85. The highest BCUT2D eigenvalue weighted by Crippen LogP contribution is 2.52. The van der Waals surface area contributed by atoms with Gasteiger partial charge in [0.15, 0.2) is 0 Å². The predicted octanol–water partition coefficient (Wildman–Crippen LogP) is 3.62. The van der Waals surface area contributed by atoms with E-state index < -0.39 is 4.92 Å². The number of imide groups is 1. The summed E-state index contributed by atoms with van der Waals surface area (Å²) in [6, 6.07) is 12.0. The highest BCUT2D eigenvalue weighted by Gasteiger charge is 2.59. The monoisotopic (exact) mass is 431 g/mol. The number of nitro benzene ring substituents is 1. The smallest absolute Gasteiger partial charge is 0.270 e. The Kier molecular flexibility index (Phi) is 4.84. The number of ether oxygens (including phenoxy) is 1. The maximum atomic E-state index is 12.8. The maximum Gasteiger partial charge on any atom is 0.270 e. The Bertz CT molecular complexity index is 1160. The number of benzene rings is 2. The molecule has 0 N–H and O–H groups in total. The van der Waals surface area contributed by atoms with E-state index in [1.54, 1.807) is 0 Å². The van der Waals surface area contributed by atoms with Crippen LogP contribution in [0.5, 0.6) is 5.75 Å². The average molecular weight is 431 g/mol. The van der Waals surface area contributed by atoms with E-state index in [-0.39, 0.29) is 47.8 Å². The van der Waals surface area contributed by atoms with Crippen LogP contribution in [0.1, 0.15) is 23.1 Å². The fourth-order valence-electron chi connectivity index (χ4n) is 4.97. The molecule has 0 spiro atoms. The molecule has 2 aromatic carbocycles. The van der Waals surface area contributed by atoms with Crippen molar-refractivity contribution in [3.8, 4) is 5.75 Å². The molecule has 8 nitrogen and oxygen atoms in total. The van der Waals surface area contributed by atoms with E-state index in [0.29, 0.717) is 11.3 Å². The first-order chi connectivity index (χ1) is 15.4. The molecule has 1 saturated heterocycles. The maximum absolute atomic E-state index is 12.8. The number of nitro groups is 1. The molecule has 1 aliphatic heterocycles. The van der Waals surface area contributed by atoms with Crippen molar-refractivity contribution in [3.63, 3.8) is 0 Å². The van der Waals surface area contributed by atoms with Crippen molar-refractivity contribution < 1.29 is 19.2 Å². The third-order valence-corrected chi connectivity index (χ3v) is 6.44. The summed E-state index contributed by atoms with van der Waals surface area (Å²) in [5.41, 5.74) is 2.24. The number of hydrogen-bond acceptors (Lipinski definition) is 6. The molecule has 2 fully saturated rings. The molecule has 1 saturated carbocycles. The van der Waals surface area contributed by atoms with Gasteiger partial charge < -0.3 is 4.74 Å². The molecule has 1 heterocycles. The number of nitrogens with zero attached hydrogens (tertiary/aromatic N) is 3. The second-order valence-corrected chi connectivity index (χ2v) is 8.49. The molecule has 0 radical (unpaired) electrons. The Morgan fingerprint density at radius 3 is 2.50 bits per heavy atom. The van der Waals surface area contributed by atoms with E-state index in [1.165, 1.54) is 24.4 Å². The van der Waals surface area contributed by atoms with Crippen molar-refractivity contribution >= 4 is 23.7 Å². The molecule has 5 rings (SSSR count). The van der Waals surface area contributed by atoms with Crippen molar-refractivity contribution in [2.75, 3.05) is 0 Å². The third kappa shape index (κ3) is 3.37. The standard InChI is InChI=1S/C24H21N3O5/c1-14-3-2-4-15(9-14)13-32-20-8-7-19(27(30)31)11-18(20)12-25-26-23(28)21-16-5-6-17(10-16)22(21)24(26)29/h2-9,11-12,16-17,21-22H,10,13H2,1H3. The molecule has 4 atom stereocenters. The summed E-state index contributed by atoms with van der Waals surface area (Å²) in [4.78, 5) is 36.4. The number of carbonyl (C=O) groups is 2. The van der Waals surface area contributed by atoms with Gasteiger partial charge in [0.25, 0.3) is 17.5 Å². The van der Waals surface area contributed by atoms with E-state index >= 15 is 0 Å². The average Bonchev–Trinajstić information content (AvgIpc) is 3.45. The Morgan fingerprint density at radius 2 is 1.84 bits per heavy atom. The van der Waals surface area contributed by atoms with Crippen LogP contribution in [0, 0.1) is 40.7 Å². The fourth-order valence-corrected chi connectivity index (χ4v) is 4.97. The molecule has 2 aromatic rings. The topological polar surface area (TPSA) is 102 Å². The number of rotatable bonds is 6. The van der Waals surface area contributed by atoms with Gasteiger partial charge >= 0.3 is 0 Å². The first-order valence-corrected chi connectivity index (χ1v) is 10.5. The lowest BCUT2D eigenvalue weighted by Crippen LogP contribution is -2.28. The number of amides is 2. The second kappa shape index (κ2) is 7.71. The molecule has 4 unspecified atom stereocenters. The largest absolute Gasteiger partial charge is 0.488 e. The molecule has 162 valence electrons. The van der Waals surface area contributed by atoms with Gasteiger partial charge in [-0.3, -0.25) is 19.7 Å². The van der Waals surface area contributed by atoms with Crippen LogP contribution >= 0.6 is 0 Å². The van der Waals surface area contributed by atoms with E-state index in [1.807, 2.05) is 43.3 Å². The Hall–Kier alpha value is -3.81. The van der Waals surface area contributed by atoms with E-state index in [2.05, 4.69) is 5.10 Å². The van der Waals surface area contributed by atoms with Crippen LogP contribution in [0.4, 0.5) is 5.69 Å². The minimum absolute atomic E-state index is 0.0905. The molecule has 2 bridgehead atoms. The molecule has 8 heteroatoms. The van der Waals surface area contributed by atoms with E-state index in [0.717, 1.165) is 22.6 Å². The van der Waals surface area contributed by atoms with Crippen molar-refractivity contribution in [1.82, 2.24) is 5.01 Å². The molecule has 0 aromatic heterocycles. The minimum atomic E-state index is -0.512. The van der Waals surface area contributed by atoms with Gasteiger partial charge in [-0.2, -0.15) is 10.1 Å². The van der Waals surface area contributed by atoms with Gasteiger partial charge in [-0.05, 0) is 36.8 Å². The molecule has 32 heavy (non-hydrogen) atoms. The van der Waals surface area contributed by atoms with Crippen LogP contribution in [0.15, 0.2) is 59.7 Å². The van der Waals surface area contributed by atoms with Gasteiger partial charge in [-0.15, -0.1) is 0 Å². The number of carbonyl (C=O) groups excluding carboxylic acids is 2. The van der Waals surface area contributed by atoms with Gasteiger partial charge in [-0.25, -0.2) is 0 Å². The summed E-state index contributed by atoms with van der Waals surface area (Å²) in [6.45, 7) is 2.25. The van der Waals surface area contributed by atoms with Crippen LogP contribution in [0.3, 0.4) is 0 Å². The Labute approximate surface area is 184 Å². The SMILES string of the molecule is Cc1cccc(COc2ccc([N+](=O)[O-])cc2C=NN2C(=O)C3C4C=CC(C4)C3C2=O)c1. The molecule has 2 aliphatic carbocycles. The first-order valence-electron chi connectivity index (χ1n) is 10.5. The van der Waals surface area contributed by atoms with Gasteiger partial charge in [-0.1, -0.05) is 42.0 Å². The minimum Gasteiger partial charge on any atom is -0.488 e. The molecule has 2 amide bonds. The van der Waals surface area contributed by atoms with Crippen LogP contribution in [-0.2, 0) is 16.2 Å². The van der Waals surface area contributed by atoms with Crippen molar-refractivity contribution in [1.29, 1.82) is 0 Å². The van der Waals surface area contributed by atoms with Gasteiger partial charge in [0.05, 0.1) is 23.0 Å². The summed E-state index contributed by atoms with van der Waals surface area (Å²) in [5.74, 6) is -0.752. The van der Waals surface area contributed by atoms with Crippen LogP contribution < -0.4 is 4.74 Å². The third-order valence-electron chi connectivity index (χ3n) is 6.44. The van der Waals surface area contributed by atoms with Crippen LogP contribution in [0.25, 0.3) is 0 Å². The summed E-state index contributed by atoms with van der Waals surface area (Å²) >= 11 is 0. The van der Waals surface area contributed by atoms with Crippen molar-refractivity contribution in [2.45, 2.75) is 20.0 Å². The van der Waals surface area contributed by atoms with Crippen molar-refractivity contribution in [2.24, 2.45) is 28.8 Å². The zero-order chi connectivity index (χ0) is 22.4.